The number of anilines is 1. The Hall–Kier alpha value is -2.15. The molecule has 0 saturated heterocycles. The second-order valence-corrected chi connectivity index (χ2v) is 5.55. The molecule has 1 aliphatic carbocycles. The molecule has 0 spiro atoms. The molecule has 7 heteroatoms. The minimum atomic E-state index is -0.946. The van der Waals surface area contributed by atoms with Gasteiger partial charge in [0.15, 0.2) is 0 Å². The monoisotopic (exact) mass is 322 g/mol. The first kappa shape index (κ1) is 17.2. The third kappa shape index (κ3) is 5.21. The van der Waals surface area contributed by atoms with Crippen molar-refractivity contribution in [1.29, 1.82) is 0 Å². The fraction of sp³-hybridized carbons (Fsp3) is 0.562. The molecule has 7 nitrogen and oxygen atoms in total. The number of rotatable bonds is 5. The SMILES string of the molecule is COCC1CCC(Oc2ccc(NC(=O)C(=O)OC)cn2)CC1. The summed E-state index contributed by atoms with van der Waals surface area (Å²) >= 11 is 0. The summed E-state index contributed by atoms with van der Waals surface area (Å²) in [6.45, 7) is 0.805. The first-order chi connectivity index (χ1) is 11.1. The van der Waals surface area contributed by atoms with E-state index >= 15 is 0 Å². The predicted octanol–water partition coefficient (Wildman–Crippen LogP) is 1.78. The van der Waals surface area contributed by atoms with Gasteiger partial charge in [-0.3, -0.25) is 4.79 Å². The van der Waals surface area contributed by atoms with Gasteiger partial charge in [0.2, 0.25) is 5.88 Å². The van der Waals surface area contributed by atoms with Gasteiger partial charge < -0.3 is 19.5 Å². The summed E-state index contributed by atoms with van der Waals surface area (Å²) in [4.78, 5) is 26.6. The number of methoxy groups -OCH3 is 2. The minimum absolute atomic E-state index is 0.158. The van der Waals surface area contributed by atoms with Crippen LogP contribution in [0.1, 0.15) is 25.7 Å². The van der Waals surface area contributed by atoms with Crippen molar-refractivity contribution in [2.75, 3.05) is 26.1 Å². The van der Waals surface area contributed by atoms with E-state index in [1.165, 1.54) is 6.20 Å². The van der Waals surface area contributed by atoms with Gasteiger partial charge in [-0.05, 0) is 37.7 Å². The molecule has 1 N–H and O–H groups in total. The van der Waals surface area contributed by atoms with E-state index in [1.54, 1.807) is 19.2 Å². The maximum atomic E-state index is 11.4. The van der Waals surface area contributed by atoms with E-state index in [0.29, 0.717) is 17.5 Å². The molecule has 1 aromatic heterocycles. The average molecular weight is 322 g/mol. The van der Waals surface area contributed by atoms with Crippen molar-refractivity contribution in [2.24, 2.45) is 5.92 Å². The van der Waals surface area contributed by atoms with Crippen LogP contribution < -0.4 is 10.1 Å². The van der Waals surface area contributed by atoms with Crippen LogP contribution in [0.5, 0.6) is 5.88 Å². The molecule has 23 heavy (non-hydrogen) atoms. The largest absolute Gasteiger partial charge is 0.474 e. The van der Waals surface area contributed by atoms with Gasteiger partial charge >= 0.3 is 11.9 Å². The highest BCUT2D eigenvalue weighted by Crippen LogP contribution is 2.27. The normalized spacial score (nSPS) is 20.6. The Morgan fingerprint density at radius 2 is 1.96 bits per heavy atom. The third-order valence-corrected chi connectivity index (χ3v) is 3.85. The zero-order valence-corrected chi connectivity index (χ0v) is 13.4. The lowest BCUT2D eigenvalue weighted by Gasteiger charge is -2.28. The molecule has 0 aromatic carbocycles. The topological polar surface area (TPSA) is 86.8 Å². The second kappa shape index (κ2) is 8.47. The van der Waals surface area contributed by atoms with Crippen LogP contribution in [0.25, 0.3) is 0 Å². The number of hydrogen-bond donors (Lipinski definition) is 1. The van der Waals surface area contributed by atoms with Crippen LogP contribution in [-0.2, 0) is 19.1 Å². The molecule has 0 aliphatic heterocycles. The second-order valence-electron chi connectivity index (χ2n) is 5.55. The van der Waals surface area contributed by atoms with Crippen LogP contribution in [0.2, 0.25) is 0 Å². The summed E-state index contributed by atoms with van der Waals surface area (Å²) in [5, 5.41) is 2.40. The van der Waals surface area contributed by atoms with Crippen LogP contribution >= 0.6 is 0 Å². The fourth-order valence-corrected chi connectivity index (χ4v) is 2.62. The lowest BCUT2D eigenvalue weighted by Crippen LogP contribution is -2.26. The molecule has 126 valence electrons. The number of pyridine rings is 1. The Labute approximate surface area is 135 Å². The molecule has 2 rings (SSSR count). The standard InChI is InChI=1S/C16H22N2O5/c1-21-10-11-3-6-13(7-4-11)23-14-8-5-12(9-17-14)18-15(19)16(20)22-2/h5,8-9,11,13H,3-4,6-7,10H2,1-2H3,(H,18,19). The van der Waals surface area contributed by atoms with Gasteiger partial charge in [-0.2, -0.15) is 0 Å². The number of amides is 1. The zero-order chi connectivity index (χ0) is 16.7. The molecule has 1 amide bonds. The van der Waals surface area contributed by atoms with Gasteiger partial charge in [-0.25, -0.2) is 9.78 Å². The highest BCUT2D eigenvalue weighted by atomic mass is 16.5. The summed E-state index contributed by atoms with van der Waals surface area (Å²) in [7, 11) is 2.88. The quantitative estimate of drug-likeness (QED) is 0.657. The van der Waals surface area contributed by atoms with Crippen LogP contribution in [0, 0.1) is 5.92 Å². The van der Waals surface area contributed by atoms with E-state index in [4.69, 9.17) is 9.47 Å². The molecule has 1 saturated carbocycles. The van der Waals surface area contributed by atoms with Crippen LogP contribution in [-0.4, -0.2) is 43.8 Å². The maximum absolute atomic E-state index is 11.4. The van der Waals surface area contributed by atoms with Gasteiger partial charge in [0.1, 0.15) is 6.10 Å². The van der Waals surface area contributed by atoms with E-state index in [9.17, 15) is 9.59 Å². The maximum Gasteiger partial charge on any atom is 0.396 e. The highest BCUT2D eigenvalue weighted by Gasteiger charge is 2.22. The van der Waals surface area contributed by atoms with E-state index < -0.39 is 11.9 Å². The van der Waals surface area contributed by atoms with Gasteiger partial charge in [-0.1, -0.05) is 0 Å². The first-order valence-electron chi connectivity index (χ1n) is 7.63. The van der Waals surface area contributed by atoms with Crippen LogP contribution in [0.4, 0.5) is 5.69 Å². The number of ether oxygens (including phenoxy) is 3. The van der Waals surface area contributed by atoms with E-state index in [1.807, 2.05) is 0 Å². The predicted molar refractivity (Wildman–Crippen MR) is 83.1 cm³/mol. The van der Waals surface area contributed by atoms with E-state index in [0.717, 1.165) is 39.4 Å². The van der Waals surface area contributed by atoms with Crippen molar-refractivity contribution in [3.05, 3.63) is 18.3 Å². The van der Waals surface area contributed by atoms with E-state index in [2.05, 4.69) is 15.0 Å². The van der Waals surface area contributed by atoms with Crippen molar-refractivity contribution in [3.63, 3.8) is 0 Å². The van der Waals surface area contributed by atoms with Crippen molar-refractivity contribution in [1.82, 2.24) is 4.98 Å². The van der Waals surface area contributed by atoms with E-state index in [-0.39, 0.29) is 6.10 Å². The fourth-order valence-electron chi connectivity index (χ4n) is 2.62. The molecule has 1 heterocycles. The highest BCUT2D eigenvalue weighted by molar-refractivity contribution is 6.37. The molecule has 0 bridgehead atoms. The molecule has 0 unspecified atom stereocenters. The number of carbonyl (C=O) groups excluding carboxylic acids is 2. The lowest BCUT2D eigenvalue weighted by atomic mass is 9.88. The van der Waals surface area contributed by atoms with Crippen LogP contribution in [0.3, 0.4) is 0 Å². The molecule has 1 aliphatic rings. The lowest BCUT2D eigenvalue weighted by molar-refractivity contribution is -0.150. The Kier molecular flexibility index (Phi) is 6.34. The Bertz CT molecular complexity index is 524. The van der Waals surface area contributed by atoms with Crippen molar-refractivity contribution < 1.29 is 23.8 Å². The molecular weight excluding hydrogens is 300 g/mol. The molecule has 1 aromatic rings. The van der Waals surface area contributed by atoms with Gasteiger partial charge in [0.25, 0.3) is 0 Å². The van der Waals surface area contributed by atoms with Crippen molar-refractivity contribution in [3.8, 4) is 5.88 Å². The summed E-state index contributed by atoms with van der Waals surface area (Å²) < 4.78 is 15.4. The Balaban J connectivity index is 1.81. The third-order valence-electron chi connectivity index (χ3n) is 3.85. The summed E-state index contributed by atoms with van der Waals surface area (Å²) in [5.74, 6) is -0.655. The van der Waals surface area contributed by atoms with Crippen LogP contribution in [0.15, 0.2) is 18.3 Å². The van der Waals surface area contributed by atoms with Crippen molar-refractivity contribution >= 4 is 17.6 Å². The average Bonchev–Trinajstić information content (AvgIpc) is 2.58. The van der Waals surface area contributed by atoms with Gasteiger partial charge in [0, 0.05) is 19.8 Å². The number of nitrogens with one attached hydrogen (secondary N) is 1. The Morgan fingerprint density at radius 3 is 2.52 bits per heavy atom. The number of aromatic nitrogens is 1. The zero-order valence-electron chi connectivity index (χ0n) is 13.4. The Morgan fingerprint density at radius 1 is 1.22 bits per heavy atom. The number of nitrogens with zero attached hydrogens (tertiary/aromatic N) is 1. The number of esters is 1. The first-order valence-corrected chi connectivity index (χ1v) is 7.63. The molecule has 1 fully saturated rings. The van der Waals surface area contributed by atoms with Gasteiger partial charge in [-0.15, -0.1) is 0 Å². The van der Waals surface area contributed by atoms with Gasteiger partial charge in [0.05, 0.1) is 19.0 Å². The molecular formula is C16H22N2O5. The number of carbonyl (C=O) groups is 2. The molecule has 0 atom stereocenters. The summed E-state index contributed by atoms with van der Waals surface area (Å²) in [5.41, 5.74) is 0.413. The van der Waals surface area contributed by atoms with Crippen molar-refractivity contribution in [2.45, 2.75) is 31.8 Å². The minimum Gasteiger partial charge on any atom is -0.474 e. The summed E-state index contributed by atoms with van der Waals surface area (Å²) in [6, 6.07) is 3.31. The smallest absolute Gasteiger partial charge is 0.396 e. The number of hydrogen-bond acceptors (Lipinski definition) is 6. The molecule has 0 radical (unpaired) electrons. The summed E-state index contributed by atoms with van der Waals surface area (Å²) in [6.07, 6.45) is 5.75.